The third-order valence-electron chi connectivity index (χ3n) is 4.39. The predicted molar refractivity (Wildman–Crippen MR) is 89.6 cm³/mol. The topological polar surface area (TPSA) is 24.5 Å². The molecule has 1 heterocycles. The minimum absolute atomic E-state index is 0.456. The summed E-state index contributed by atoms with van der Waals surface area (Å²) >= 11 is 6.24. The summed E-state index contributed by atoms with van der Waals surface area (Å²) in [5.41, 5.74) is 2.50. The summed E-state index contributed by atoms with van der Waals surface area (Å²) in [5, 5.41) is 4.27. The highest BCUT2D eigenvalue weighted by atomic mass is 35.5. The molecule has 1 aromatic rings. The Morgan fingerprint density at radius 2 is 2.10 bits per heavy atom. The molecule has 1 unspecified atom stereocenters. The zero-order valence-electron chi connectivity index (χ0n) is 13.4. The largest absolute Gasteiger partial charge is 0.493 e. The van der Waals surface area contributed by atoms with Crippen molar-refractivity contribution in [1.82, 2.24) is 10.2 Å². The average molecular weight is 311 g/mol. The summed E-state index contributed by atoms with van der Waals surface area (Å²) in [6.07, 6.45) is 3.09. The molecule has 0 aromatic heterocycles. The van der Waals surface area contributed by atoms with Crippen molar-refractivity contribution in [3.05, 3.63) is 28.3 Å². The third-order valence-corrected chi connectivity index (χ3v) is 4.61. The van der Waals surface area contributed by atoms with E-state index in [2.05, 4.69) is 30.1 Å². The Labute approximate surface area is 133 Å². The van der Waals surface area contributed by atoms with Crippen LogP contribution in [0, 0.1) is 0 Å². The summed E-state index contributed by atoms with van der Waals surface area (Å²) in [5.74, 6) is 1.07. The predicted octanol–water partition coefficient (Wildman–Crippen LogP) is 3.14. The van der Waals surface area contributed by atoms with E-state index >= 15 is 0 Å². The van der Waals surface area contributed by atoms with Gasteiger partial charge in [0.05, 0.1) is 6.61 Å². The van der Waals surface area contributed by atoms with E-state index in [9.17, 15) is 0 Å². The van der Waals surface area contributed by atoms with Crippen molar-refractivity contribution in [3.63, 3.8) is 0 Å². The highest BCUT2D eigenvalue weighted by Gasteiger charge is 2.20. The average Bonchev–Trinajstić information content (AvgIpc) is 2.95. The first kappa shape index (κ1) is 16.6. The zero-order valence-corrected chi connectivity index (χ0v) is 14.2. The second kappa shape index (κ2) is 8.02. The molecular formula is C17H27ClN2O. The monoisotopic (exact) mass is 310 g/mol. The lowest BCUT2D eigenvalue weighted by molar-refractivity contribution is 0.282. The van der Waals surface area contributed by atoms with Gasteiger partial charge in [-0.3, -0.25) is 0 Å². The van der Waals surface area contributed by atoms with Crippen LogP contribution in [0.25, 0.3) is 0 Å². The Morgan fingerprint density at radius 1 is 1.33 bits per heavy atom. The SMILES string of the molecule is CCN(CC)CCC(Cc1cc(Cl)cc2c1OCC2)NC. The molecule has 0 radical (unpaired) electrons. The smallest absolute Gasteiger partial charge is 0.125 e. The van der Waals surface area contributed by atoms with Gasteiger partial charge in [0.2, 0.25) is 0 Å². The molecule has 1 atom stereocenters. The number of halogens is 1. The molecule has 1 aliphatic rings. The van der Waals surface area contributed by atoms with Crippen molar-refractivity contribution in [2.24, 2.45) is 0 Å². The van der Waals surface area contributed by atoms with Crippen LogP contribution in [-0.2, 0) is 12.8 Å². The lowest BCUT2D eigenvalue weighted by Gasteiger charge is -2.23. The van der Waals surface area contributed by atoms with Gasteiger partial charge < -0.3 is 15.0 Å². The molecule has 1 aromatic carbocycles. The molecule has 0 bridgehead atoms. The number of nitrogens with zero attached hydrogens (tertiary/aromatic N) is 1. The molecule has 0 aliphatic carbocycles. The van der Waals surface area contributed by atoms with Gasteiger partial charge in [-0.15, -0.1) is 0 Å². The summed E-state index contributed by atoms with van der Waals surface area (Å²) in [7, 11) is 2.04. The van der Waals surface area contributed by atoms with Crippen LogP contribution in [0.15, 0.2) is 12.1 Å². The molecule has 0 saturated heterocycles. The van der Waals surface area contributed by atoms with Gasteiger partial charge in [0, 0.05) is 17.5 Å². The molecule has 1 aliphatic heterocycles. The molecule has 1 N–H and O–H groups in total. The van der Waals surface area contributed by atoms with Crippen LogP contribution in [0.5, 0.6) is 5.75 Å². The Hall–Kier alpha value is -0.770. The zero-order chi connectivity index (χ0) is 15.2. The molecule has 0 spiro atoms. The van der Waals surface area contributed by atoms with Gasteiger partial charge in [0.1, 0.15) is 5.75 Å². The summed E-state index contributed by atoms with van der Waals surface area (Å²) in [6.45, 7) is 8.57. The molecule has 2 rings (SSSR count). The number of likely N-dealkylation sites (N-methyl/N-ethyl adjacent to an activating group) is 1. The van der Waals surface area contributed by atoms with Gasteiger partial charge in [0.25, 0.3) is 0 Å². The standard InChI is InChI=1S/C17H27ClN2O/c1-4-20(5-2)8-6-16(19-3)12-14-11-15(18)10-13-7-9-21-17(13)14/h10-11,16,19H,4-9,12H2,1-3H3. The fourth-order valence-electron chi connectivity index (χ4n) is 2.99. The Balaban J connectivity index is 2.02. The highest BCUT2D eigenvalue weighted by molar-refractivity contribution is 6.30. The van der Waals surface area contributed by atoms with E-state index in [0.29, 0.717) is 6.04 Å². The van der Waals surface area contributed by atoms with Crippen molar-refractivity contribution in [1.29, 1.82) is 0 Å². The van der Waals surface area contributed by atoms with Gasteiger partial charge in [-0.1, -0.05) is 25.4 Å². The second-order valence-corrected chi connectivity index (χ2v) is 6.09. The highest BCUT2D eigenvalue weighted by Crippen LogP contribution is 2.33. The van der Waals surface area contributed by atoms with Crippen LogP contribution in [-0.4, -0.2) is 44.2 Å². The third kappa shape index (κ3) is 4.35. The maximum absolute atomic E-state index is 6.24. The van der Waals surface area contributed by atoms with Gasteiger partial charge in [-0.05, 0) is 62.8 Å². The van der Waals surface area contributed by atoms with E-state index < -0.39 is 0 Å². The van der Waals surface area contributed by atoms with Gasteiger partial charge in [0.15, 0.2) is 0 Å². The van der Waals surface area contributed by atoms with Crippen LogP contribution in [0.1, 0.15) is 31.4 Å². The fraction of sp³-hybridized carbons (Fsp3) is 0.647. The molecule has 0 amide bonds. The van der Waals surface area contributed by atoms with Gasteiger partial charge in [-0.25, -0.2) is 0 Å². The van der Waals surface area contributed by atoms with E-state index in [1.54, 1.807) is 0 Å². The lowest BCUT2D eigenvalue weighted by atomic mass is 9.99. The van der Waals surface area contributed by atoms with Crippen molar-refractivity contribution in [3.8, 4) is 5.75 Å². The quantitative estimate of drug-likeness (QED) is 0.798. The number of fused-ring (bicyclic) bond motifs is 1. The Bertz CT molecular complexity index is 460. The van der Waals surface area contributed by atoms with Crippen LogP contribution in [0.2, 0.25) is 5.02 Å². The molecule has 4 heteroatoms. The molecule has 3 nitrogen and oxygen atoms in total. The van der Waals surface area contributed by atoms with Crippen molar-refractivity contribution in [2.75, 3.05) is 33.3 Å². The van der Waals surface area contributed by atoms with E-state index in [4.69, 9.17) is 16.3 Å². The maximum Gasteiger partial charge on any atom is 0.125 e. The van der Waals surface area contributed by atoms with E-state index in [0.717, 1.165) is 56.3 Å². The number of hydrogen-bond acceptors (Lipinski definition) is 3. The second-order valence-electron chi connectivity index (χ2n) is 5.66. The number of rotatable bonds is 8. The van der Waals surface area contributed by atoms with Crippen LogP contribution in [0.3, 0.4) is 0 Å². The maximum atomic E-state index is 6.24. The summed E-state index contributed by atoms with van der Waals surface area (Å²) in [4.78, 5) is 2.46. The molecule has 118 valence electrons. The molecule has 21 heavy (non-hydrogen) atoms. The molecule has 0 saturated carbocycles. The van der Waals surface area contributed by atoms with Crippen molar-refractivity contribution in [2.45, 2.75) is 39.2 Å². The number of benzene rings is 1. The minimum Gasteiger partial charge on any atom is -0.493 e. The van der Waals surface area contributed by atoms with Gasteiger partial charge in [-0.2, -0.15) is 0 Å². The van der Waals surface area contributed by atoms with Crippen LogP contribution >= 0.6 is 11.6 Å². The van der Waals surface area contributed by atoms with E-state index in [1.807, 2.05) is 13.1 Å². The first-order chi connectivity index (χ1) is 10.2. The fourth-order valence-corrected chi connectivity index (χ4v) is 3.25. The van der Waals surface area contributed by atoms with E-state index in [1.165, 1.54) is 11.1 Å². The summed E-state index contributed by atoms with van der Waals surface area (Å²) < 4.78 is 5.80. The molecule has 0 fully saturated rings. The Morgan fingerprint density at radius 3 is 2.76 bits per heavy atom. The Kier molecular flexibility index (Phi) is 6.34. The number of hydrogen-bond donors (Lipinski definition) is 1. The number of ether oxygens (including phenoxy) is 1. The van der Waals surface area contributed by atoms with Gasteiger partial charge >= 0.3 is 0 Å². The van der Waals surface area contributed by atoms with Crippen LogP contribution in [0.4, 0.5) is 0 Å². The first-order valence-corrected chi connectivity index (χ1v) is 8.39. The number of nitrogens with one attached hydrogen (secondary N) is 1. The first-order valence-electron chi connectivity index (χ1n) is 8.01. The molecular weight excluding hydrogens is 284 g/mol. The lowest BCUT2D eigenvalue weighted by Crippen LogP contribution is -2.34. The minimum atomic E-state index is 0.456. The van der Waals surface area contributed by atoms with Crippen molar-refractivity contribution < 1.29 is 4.74 Å². The normalized spacial score (nSPS) is 15.1. The summed E-state index contributed by atoms with van der Waals surface area (Å²) in [6, 6.07) is 4.56. The van der Waals surface area contributed by atoms with Crippen molar-refractivity contribution >= 4 is 11.6 Å². The van der Waals surface area contributed by atoms with E-state index in [-0.39, 0.29) is 0 Å². The van der Waals surface area contributed by atoms with Crippen LogP contribution < -0.4 is 10.1 Å².